The lowest BCUT2D eigenvalue weighted by Crippen LogP contribution is -2.57. The van der Waals surface area contributed by atoms with E-state index < -0.39 is 64.6 Å². The van der Waals surface area contributed by atoms with Gasteiger partial charge in [0.05, 0.1) is 12.6 Å². The molecule has 2 atom stereocenters. The molecule has 1 aromatic rings. The van der Waals surface area contributed by atoms with E-state index in [1.807, 2.05) is 6.92 Å². The Balaban J connectivity index is 2.23. The van der Waals surface area contributed by atoms with Crippen molar-refractivity contribution in [1.82, 2.24) is 10.4 Å². The van der Waals surface area contributed by atoms with E-state index in [0.29, 0.717) is 13.0 Å². The molecular formula is C21H27F5N2O5. The molecule has 0 radical (unpaired) electrons. The minimum Gasteiger partial charge on any atom is -0.444 e. The van der Waals surface area contributed by atoms with Crippen molar-refractivity contribution in [2.75, 3.05) is 13.2 Å². The van der Waals surface area contributed by atoms with Crippen LogP contribution in [0.25, 0.3) is 0 Å². The second-order valence-corrected chi connectivity index (χ2v) is 8.56. The molecular weight excluding hydrogens is 455 g/mol. The zero-order valence-electron chi connectivity index (χ0n) is 18.8. The highest BCUT2D eigenvalue weighted by atomic mass is 19.2. The molecule has 12 heteroatoms. The molecule has 1 aliphatic rings. The fraction of sp³-hybridized carbons (Fsp3) is 0.619. The summed E-state index contributed by atoms with van der Waals surface area (Å²) < 4.78 is 77.9. The number of hydroxylamine groups is 1. The van der Waals surface area contributed by atoms with Gasteiger partial charge in [-0.05, 0) is 40.0 Å². The number of hydrogen-bond donors (Lipinski definition) is 1. The van der Waals surface area contributed by atoms with Crippen molar-refractivity contribution in [3.8, 4) is 5.75 Å². The Morgan fingerprint density at radius 2 is 1.58 bits per heavy atom. The smallest absolute Gasteiger partial charge is 0.411 e. The van der Waals surface area contributed by atoms with E-state index in [4.69, 9.17) is 9.57 Å². The number of piperidine rings is 1. The number of halogens is 5. The van der Waals surface area contributed by atoms with Crippen LogP contribution in [0.5, 0.6) is 5.75 Å². The lowest BCUT2D eigenvalue weighted by molar-refractivity contribution is -0.143. The van der Waals surface area contributed by atoms with Crippen LogP contribution in [0.1, 0.15) is 53.4 Å². The van der Waals surface area contributed by atoms with Crippen LogP contribution in [0, 0.1) is 29.1 Å². The minimum absolute atomic E-state index is 0.0394. The molecule has 1 amide bonds. The summed E-state index contributed by atoms with van der Waals surface area (Å²) in [6.07, 6.45) is 1.04. The monoisotopic (exact) mass is 482 g/mol. The quantitative estimate of drug-likeness (QED) is 0.118. The van der Waals surface area contributed by atoms with Crippen LogP contribution in [0.3, 0.4) is 0 Å². The maximum absolute atomic E-state index is 13.9. The van der Waals surface area contributed by atoms with Gasteiger partial charge in [-0.2, -0.15) is 14.3 Å². The first-order chi connectivity index (χ1) is 15.4. The van der Waals surface area contributed by atoms with Crippen LogP contribution in [0.2, 0.25) is 0 Å². The summed E-state index contributed by atoms with van der Waals surface area (Å²) in [4.78, 5) is 31.7. The predicted octanol–water partition coefficient (Wildman–Crippen LogP) is 4.38. The maximum Gasteiger partial charge on any atom is 0.411 e. The molecule has 0 spiro atoms. The summed E-state index contributed by atoms with van der Waals surface area (Å²) in [7, 11) is 0. The number of nitrogens with one attached hydrogen (secondary N) is 1. The first kappa shape index (κ1) is 26.8. The number of benzene rings is 1. The molecule has 1 heterocycles. The van der Waals surface area contributed by atoms with Crippen molar-refractivity contribution < 1.29 is 45.9 Å². The Kier molecular flexibility index (Phi) is 9.01. The van der Waals surface area contributed by atoms with Crippen LogP contribution in [0.15, 0.2) is 0 Å². The number of hydrogen-bond acceptors (Lipinski definition) is 6. The van der Waals surface area contributed by atoms with Gasteiger partial charge in [-0.15, -0.1) is 0 Å². The second kappa shape index (κ2) is 11.1. The van der Waals surface area contributed by atoms with E-state index in [1.165, 1.54) is 0 Å². The van der Waals surface area contributed by atoms with Gasteiger partial charge in [0, 0.05) is 6.54 Å². The number of unbranched alkanes of at least 4 members (excludes halogenated alkanes) is 1. The largest absolute Gasteiger partial charge is 0.444 e. The number of rotatable bonds is 7. The van der Waals surface area contributed by atoms with Gasteiger partial charge in [0.15, 0.2) is 0 Å². The Bertz CT molecular complexity index is 849. The number of likely N-dealkylation sites (tertiary alicyclic amines) is 1. The molecule has 0 bridgehead atoms. The maximum atomic E-state index is 13.9. The first-order valence-corrected chi connectivity index (χ1v) is 10.5. The van der Waals surface area contributed by atoms with Gasteiger partial charge in [0.2, 0.25) is 34.8 Å². The second-order valence-electron chi connectivity index (χ2n) is 8.56. The number of amides is 1. The number of nitrogens with zero attached hydrogens (tertiary/aromatic N) is 1. The number of carbonyl (C=O) groups excluding carboxylic acids is 2. The fourth-order valence-corrected chi connectivity index (χ4v) is 3.07. The minimum atomic E-state index is -2.38. The predicted molar refractivity (Wildman–Crippen MR) is 106 cm³/mol. The van der Waals surface area contributed by atoms with Gasteiger partial charge >= 0.3 is 12.1 Å². The lowest BCUT2D eigenvalue weighted by Gasteiger charge is -2.38. The number of esters is 1. The highest BCUT2D eigenvalue weighted by molar-refractivity contribution is 5.83. The third-order valence-electron chi connectivity index (χ3n) is 4.70. The highest BCUT2D eigenvalue weighted by Crippen LogP contribution is 2.30. The van der Waals surface area contributed by atoms with E-state index in [0.717, 1.165) is 17.7 Å². The Morgan fingerprint density at radius 1 is 1.00 bits per heavy atom. The molecule has 0 aliphatic carbocycles. The van der Waals surface area contributed by atoms with Crippen LogP contribution in [-0.4, -0.2) is 47.8 Å². The lowest BCUT2D eigenvalue weighted by atomic mass is 9.99. The van der Waals surface area contributed by atoms with Crippen LogP contribution < -0.4 is 10.2 Å². The van der Waals surface area contributed by atoms with E-state index in [9.17, 15) is 31.5 Å². The van der Waals surface area contributed by atoms with Gasteiger partial charge < -0.3 is 14.3 Å². The van der Waals surface area contributed by atoms with Crippen LogP contribution >= 0.6 is 0 Å². The van der Waals surface area contributed by atoms with E-state index in [2.05, 4.69) is 10.2 Å². The van der Waals surface area contributed by atoms with Gasteiger partial charge in [-0.3, -0.25) is 4.90 Å². The number of ether oxygens (including phenoxy) is 2. The molecule has 1 fully saturated rings. The third kappa shape index (κ3) is 6.76. The molecule has 7 nitrogen and oxygen atoms in total. The summed E-state index contributed by atoms with van der Waals surface area (Å²) in [6.45, 7) is 7.11. The van der Waals surface area contributed by atoms with Crippen LogP contribution in [-0.2, 0) is 14.4 Å². The molecule has 1 aliphatic heterocycles. The van der Waals surface area contributed by atoms with E-state index in [1.54, 1.807) is 20.8 Å². The van der Waals surface area contributed by atoms with Gasteiger partial charge in [-0.25, -0.2) is 22.8 Å². The fourth-order valence-electron chi connectivity index (χ4n) is 3.07. The van der Waals surface area contributed by atoms with E-state index >= 15 is 0 Å². The zero-order valence-corrected chi connectivity index (χ0v) is 18.8. The molecule has 1 N–H and O–H groups in total. The topological polar surface area (TPSA) is 77.1 Å². The van der Waals surface area contributed by atoms with Gasteiger partial charge in [-0.1, -0.05) is 13.3 Å². The molecule has 2 rings (SSSR count). The first-order valence-electron chi connectivity index (χ1n) is 10.5. The summed E-state index contributed by atoms with van der Waals surface area (Å²) in [5.41, 5.74) is 1.86. The van der Waals surface area contributed by atoms with Crippen molar-refractivity contribution in [2.45, 2.75) is 71.1 Å². The Hall–Kier alpha value is -2.47. The van der Waals surface area contributed by atoms with Crippen LogP contribution in [0.4, 0.5) is 26.7 Å². The normalized spacial score (nSPS) is 18.9. The van der Waals surface area contributed by atoms with Crippen molar-refractivity contribution >= 4 is 12.1 Å². The third-order valence-corrected chi connectivity index (χ3v) is 4.70. The van der Waals surface area contributed by atoms with E-state index in [-0.39, 0.29) is 13.0 Å². The van der Waals surface area contributed by atoms with Crippen molar-refractivity contribution in [2.24, 2.45) is 0 Å². The molecule has 0 unspecified atom stereocenters. The zero-order chi connectivity index (χ0) is 24.9. The molecule has 1 saturated heterocycles. The molecule has 186 valence electrons. The van der Waals surface area contributed by atoms with Crippen molar-refractivity contribution in [1.29, 1.82) is 0 Å². The summed E-state index contributed by atoms with van der Waals surface area (Å²) in [5, 5.41) is 0. The summed E-state index contributed by atoms with van der Waals surface area (Å²) in [6, 6.07) is -1.78. The summed E-state index contributed by atoms with van der Waals surface area (Å²) >= 11 is 0. The Labute approximate surface area is 188 Å². The van der Waals surface area contributed by atoms with Crippen molar-refractivity contribution in [3.63, 3.8) is 0 Å². The van der Waals surface area contributed by atoms with Crippen molar-refractivity contribution in [3.05, 3.63) is 29.1 Å². The molecule has 0 aromatic heterocycles. The molecule has 0 saturated carbocycles. The van der Waals surface area contributed by atoms with Gasteiger partial charge in [0.1, 0.15) is 11.6 Å². The average molecular weight is 482 g/mol. The molecule has 1 aromatic carbocycles. The highest BCUT2D eigenvalue weighted by Gasteiger charge is 2.40. The summed E-state index contributed by atoms with van der Waals surface area (Å²) in [5.74, 6) is -14.6. The average Bonchev–Trinajstić information content (AvgIpc) is 2.75. The molecule has 33 heavy (non-hydrogen) atoms. The number of carbonyl (C=O) groups is 2. The Morgan fingerprint density at radius 3 is 2.12 bits per heavy atom. The SMILES string of the molecule is CCCCON[C@@H]1CC[C@@H](C(=O)Oc2c(F)c(F)c(F)c(F)c2F)N(C(=O)OC(C)(C)C)C1. The van der Waals surface area contributed by atoms with Gasteiger partial charge in [0.25, 0.3) is 0 Å². The standard InChI is InChI=1S/C21H27F5N2O5/c1-5-6-9-31-27-11-7-8-12(28(10-11)20(30)33-21(2,3)4)19(29)32-18-16(25)14(23)13(22)15(24)17(18)26/h11-12,27H,5-10H2,1-4H3/t11-,12+/m1/s1.